The Morgan fingerprint density at radius 1 is 1.18 bits per heavy atom. The lowest BCUT2D eigenvalue weighted by Crippen LogP contribution is -2.33. The Morgan fingerprint density at radius 3 is 2.41 bits per heavy atom. The van der Waals surface area contributed by atoms with Crippen molar-refractivity contribution in [3.05, 3.63) is 48.2 Å². The van der Waals surface area contributed by atoms with Crippen LogP contribution in [0.25, 0.3) is 0 Å². The van der Waals surface area contributed by atoms with E-state index in [1.807, 2.05) is 0 Å². The van der Waals surface area contributed by atoms with Crippen molar-refractivity contribution in [1.82, 2.24) is 9.88 Å². The van der Waals surface area contributed by atoms with Gasteiger partial charge in [-0.1, -0.05) is 0 Å². The summed E-state index contributed by atoms with van der Waals surface area (Å²) in [6, 6.07) is 5.56. The summed E-state index contributed by atoms with van der Waals surface area (Å²) < 4.78 is 66.1. The van der Waals surface area contributed by atoms with Gasteiger partial charge in [-0.3, -0.25) is 10.1 Å². The highest BCUT2D eigenvalue weighted by atomic mass is 32.2. The standard InChI is InChI=1S/C20H19F3N4O6S/c1-12(2)33-18(29)25-16-9-13(7-8-24-16)10-26-11-17(28)27(19(26)30)14-3-5-15(6-4-14)34(31,32)20(21,22)23/h3-9,12H,10-11H2,1-2H3,(H,24,25,29). The maximum absolute atomic E-state index is 12.8. The molecule has 1 aromatic heterocycles. The summed E-state index contributed by atoms with van der Waals surface area (Å²) in [6.07, 6.45) is 0.333. The molecule has 1 saturated heterocycles. The lowest BCUT2D eigenvalue weighted by atomic mass is 10.2. The van der Waals surface area contributed by atoms with Crippen LogP contribution < -0.4 is 10.2 Å². The van der Waals surface area contributed by atoms with E-state index in [0.29, 0.717) is 17.7 Å². The largest absolute Gasteiger partial charge is 0.501 e. The number of alkyl halides is 3. The number of hydrogen-bond donors (Lipinski definition) is 1. The number of urea groups is 1. The van der Waals surface area contributed by atoms with E-state index in [0.717, 1.165) is 17.0 Å². The molecule has 1 fully saturated rings. The number of aromatic nitrogens is 1. The number of anilines is 2. The van der Waals surface area contributed by atoms with Gasteiger partial charge in [0.1, 0.15) is 12.4 Å². The van der Waals surface area contributed by atoms with Crippen LogP contribution >= 0.6 is 0 Å². The fraction of sp³-hybridized carbons (Fsp3) is 0.300. The summed E-state index contributed by atoms with van der Waals surface area (Å²) in [5.74, 6) is -0.483. The minimum Gasteiger partial charge on any atom is -0.447 e. The van der Waals surface area contributed by atoms with Crippen LogP contribution in [-0.4, -0.2) is 54.5 Å². The Hall–Kier alpha value is -3.68. The highest BCUT2D eigenvalue weighted by Gasteiger charge is 2.47. The maximum Gasteiger partial charge on any atom is 0.501 e. The minimum absolute atomic E-state index is 0.0297. The Morgan fingerprint density at radius 2 is 1.82 bits per heavy atom. The lowest BCUT2D eigenvalue weighted by Gasteiger charge is -2.18. The number of benzene rings is 1. The molecule has 10 nitrogen and oxygen atoms in total. The molecule has 1 aliphatic rings. The van der Waals surface area contributed by atoms with Crippen molar-refractivity contribution in [2.75, 3.05) is 16.8 Å². The van der Waals surface area contributed by atoms with E-state index in [2.05, 4.69) is 10.3 Å². The fourth-order valence-electron chi connectivity index (χ4n) is 3.05. The van der Waals surface area contributed by atoms with Crippen LogP contribution in [-0.2, 0) is 25.9 Å². The average Bonchev–Trinajstić information content (AvgIpc) is 2.99. The molecule has 2 aromatic rings. The number of carbonyl (C=O) groups excluding carboxylic acids is 3. The molecule has 0 spiro atoms. The van der Waals surface area contributed by atoms with Crippen LogP contribution in [0.5, 0.6) is 0 Å². The van der Waals surface area contributed by atoms with Crippen molar-refractivity contribution >= 4 is 39.4 Å². The predicted molar refractivity (Wildman–Crippen MR) is 112 cm³/mol. The number of sulfone groups is 1. The van der Waals surface area contributed by atoms with E-state index in [-0.39, 0.29) is 30.7 Å². The molecule has 0 saturated carbocycles. The minimum atomic E-state index is -5.56. The number of hydrogen-bond acceptors (Lipinski definition) is 7. The summed E-state index contributed by atoms with van der Waals surface area (Å²) in [5.41, 5.74) is -5.02. The molecule has 0 aliphatic carbocycles. The van der Waals surface area contributed by atoms with Gasteiger partial charge >= 0.3 is 17.6 Å². The van der Waals surface area contributed by atoms with Crippen molar-refractivity contribution < 1.29 is 40.7 Å². The summed E-state index contributed by atoms with van der Waals surface area (Å²) in [6.45, 7) is 3.00. The van der Waals surface area contributed by atoms with Crippen LogP contribution in [0.15, 0.2) is 47.5 Å². The van der Waals surface area contributed by atoms with Crippen molar-refractivity contribution in [2.45, 2.75) is 36.9 Å². The smallest absolute Gasteiger partial charge is 0.447 e. The van der Waals surface area contributed by atoms with E-state index in [9.17, 15) is 36.0 Å². The van der Waals surface area contributed by atoms with E-state index in [1.165, 1.54) is 17.2 Å². The first-order valence-corrected chi connectivity index (χ1v) is 11.2. The number of imide groups is 1. The van der Waals surface area contributed by atoms with E-state index in [1.54, 1.807) is 19.9 Å². The van der Waals surface area contributed by atoms with E-state index >= 15 is 0 Å². The summed E-state index contributed by atoms with van der Waals surface area (Å²) in [5, 5.41) is 2.44. The Labute approximate surface area is 192 Å². The van der Waals surface area contributed by atoms with E-state index < -0.39 is 38.3 Å². The van der Waals surface area contributed by atoms with Crippen molar-refractivity contribution in [3.8, 4) is 0 Å². The molecular formula is C20H19F3N4O6S. The van der Waals surface area contributed by atoms with Crippen LogP contribution in [0.4, 0.5) is 34.3 Å². The number of carbonyl (C=O) groups is 3. The average molecular weight is 500 g/mol. The number of pyridine rings is 1. The molecule has 182 valence electrons. The molecule has 0 bridgehead atoms. The Balaban J connectivity index is 1.73. The molecular weight excluding hydrogens is 481 g/mol. The monoisotopic (exact) mass is 500 g/mol. The highest BCUT2D eigenvalue weighted by molar-refractivity contribution is 7.92. The zero-order valence-electron chi connectivity index (χ0n) is 17.9. The van der Waals surface area contributed by atoms with Gasteiger partial charge in [0.15, 0.2) is 0 Å². The normalized spacial score (nSPS) is 14.6. The Bertz CT molecular complexity index is 1220. The van der Waals surface area contributed by atoms with Crippen LogP contribution in [0.2, 0.25) is 0 Å². The first-order chi connectivity index (χ1) is 15.8. The number of nitrogens with one attached hydrogen (secondary N) is 1. The summed E-state index contributed by atoms with van der Waals surface area (Å²) in [4.78, 5) is 41.8. The number of amides is 4. The van der Waals surface area contributed by atoms with Crippen LogP contribution in [0.1, 0.15) is 19.4 Å². The second-order valence-electron chi connectivity index (χ2n) is 7.44. The quantitative estimate of drug-likeness (QED) is 0.603. The summed E-state index contributed by atoms with van der Waals surface area (Å²) >= 11 is 0. The topological polar surface area (TPSA) is 126 Å². The van der Waals surface area contributed by atoms with Gasteiger partial charge in [0, 0.05) is 12.7 Å². The lowest BCUT2D eigenvalue weighted by molar-refractivity contribution is -0.116. The fourth-order valence-corrected chi connectivity index (χ4v) is 3.81. The molecule has 0 atom stereocenters. The summed E-state index contributed by atoms with van der Waals surface area (Å²) in [7, 11) is -5.56. The third-order valence-electron chi connectivity index (χ3n) is 4.52. The molecule has 0 unspecified atom stereocenters. The van der Waals surface area contributed by atoms with Gasteiger partial charge in [0.2, 0.25) is 0 Å². The van der Waals surface area contributed by atoms with Gasteiger partial charge in [-0.15, -0.1) is 0 Å². The molecule has 4 amide bonds. The molecule has 1 aliphatic heterocycles. The molecule has 0 radical (unpaired) electrons. The zero-order valence-corrected chi connectivity index (χ0v) is 18.7. The molecule has 1 aromatic carbocycles. The number of rotatable bonds is 6. The number of nitrogens with zero attached hydrogens (tertiary/aromatic N) is 3. The van der Waals surface area contributed by atoms with Gasteiger partial charge in [0.05, 0.1) is 16.7 Å². The molecule has 34 heavy (non-hydrogen) atoms. The zero-order chi connectivity index (χ0) is 25.3. The SMILES string of the molecule is CC(C)OC(=O)Nc1cc(CN2CC(=O)N(c3ccc(S(=O)(=O)C(F)(F)F)cc3)C2=O)ccn1. The Kier molecular flexibility index (Phi) is 6.82. The third kappa shape index (κ3) is 5.27. The molecule has 14 heteroatoms. The molecule has 2 heterocycles. The highest BCUT2D eigenvalue weighted by Crippen LogP contribution is 2.32. The van der Waals surface area contributed by atoms with Gasteiger partial charge in [-0.05, 0) is 55.8 Å². The third-order valence-corrected chi connectivity index (χ3v) is 6.02. The predicted octanol–water partition coefficient (Wildman–Crippen LogP) is 3.30. The van der Waals surface area contributed by atoms with Crippen molar-refractivity contribution in [1.29, 1.82) is 0 Å². The maximum atomic E-state index is 12.8. The van der Waals surface area contributed by atoms with Crippen molar-refractivity contribution in [2.24, 2.45) is 0 Å². The number of ether oxygens (including phenoxy) is 1. The molecule has 1 N–H and O–H groups in total. The number of halogens is 3. The van der Waals surface area contributed by atoms with Gasteiger partial charge < -0.3 is 9.64 Å². The van der Waals surface area contributed by atoms with Gasteiger partial charge in [-0.25, -0.2) is 27.9 Å². The van der Waals surface area contributed by atoms with Crippen LogP contribution in [0, 0.1) is 0 Å². The second-order valence-corrected chi connectivity index (χ2v) is 9.38. The van der Waals surface area contributed by atoms with Gasteiger partial charge in [-0.2, -0.15) is 13.2 Å². The second kappa shape index (κ2) is 9.29. The van der Waals surface area contributed by atoms with Gasteiger partial charge in [0.25, 0.3) is 15.7 Å². The van der Waals surface area contributed by atoms with Crippen molar-refractivity contribution in [3.63, 3.8) is 0 Å². The van der Waals surface area contributed by atoms with E-state index in [4.69, 9.17) is 4.74 Å². The molecule has 3 rings (SSSR count). The first kappa shape index (κ1) is 25.0. The first-order valence-electron chi connectivity index (χ1n) is 9.75. The van der Waals surface area contributed by atoms with Crippen LogP contribution in [0.3, 0.4) is 0 Å².